The summed E-state index contributed by atoms with van der Waals surface area (Å²) in [7, 11) is 0. The minimum absolute atomic E-state index is 0.263. The summed E-state index contributed by atoms with van der Waals surface area (Å²) in [5.41, 5.74) is 3.78. The summed E-state index contributed by atoms with van der Waals surface area (Å²) in [5.74, 6) is -1.11. The maximum atomic E-state index is 14.0. The van der Waals surface area contributed by atoms with E-state index in [4.69, 9.17) is 0 Å². The molecule has 1 heterocycles. The Morgan fingerprint density at radius 2 is 1.37 bits per heavy atom. The highest BCUT2D eigenvalue weighted by molar-refractivity contribution is 6.12. The number of amides is 1. The minimum atomic E-state index is -1.82. The molecule has 0 spiro atoms. The Balaban J connectivity index is 1.99. The molecule has 0 aliphatic heterocycles. The molecule has 4 atom stereocenters. The molecule has 0 radical (unpaired) electrons. The lowest BCUT2D eigenvalue weighted by molar-refractivity contribution is -0.117. The van der Waals surface area contributed by atoms with Crippen LogP contribution in [0.25, 0.3) is 22.4 Å². The molecule has 3 aromatic carbocycles. The first kappa shape index (κ1) is 30.1. The highest BCUT2D eigenvalue weighted by Crippen LogP contribution is 2.42. The van der Waals surface area contributed by atoms with E-state index in [9.17, 15) is 34.7 Å². The van der Waals surface area contributed by atoms with Crippen LogP contribution in [0.15, 0.2) is 84.9 Å². The fourth-order valence-electron chi connectivity index (χ4n) is 5.02. The Morgan fingerprint density at radius 1 is 0.805 bits per heavy atom. The van der Waals surface area contributed by atoms with Gasteiger partial charge in [0.25, 0.3) is 5.91 Å². The van der Waals surface area contributed by atoms with Crippen molar-refractivity contribution >= 4 is 11.6 Å². The van der Waals surface area contributed by atoms with Crippen molar-refractivity contribution in [1.82, 2.24) is 4.57 Å². The summed E-state index contributed by atoms with van der Waals surface area (Å²) in [6, 6.07) is 23.9. The van der Waals surface area contributed by atoms with Gasteiger partial charge in [0.1, 0.15) is 30.2 Å². The summed E-state index contributed by atoms with van der Waals surface area (Å²) in [5, 5.41) is 54.0. The zero-order valence-corrected chi connectivity index (χ0v) is 22.9. The molecule has 6 N–H and O–H groups in total. The first-order valence-electron chi connectivity index (χ1n) is 13.4. The molecule has 216 valence electrons. The molecule has 9 heteroatoms. The second-order valence-electron chi connectivity index (χ2n) is 10.2. The third kappa shape index (κ3) is 6.56. The van der Waals surface area contributed by atoms with Gasteiger partial charge < -0.3 is 35.4 Å². The number of carbonyl (C=O) groups excluding carboxylic acids is 1. The molecule has 0 saturated heterocycles. The number of hydrogen-bond acceptors (Lipinski definition) is 6. The van der Waals surface area contributed by atoms with Crippen molar-refractivity contribution in [2.24, 2.45) is 0 Å². The topological polar surface area (TPSA) is 135 Å². The van der Waals surface area contributed by atoms with E-state index >= 15 is 0 Å². The Morgan fingerprint density at radius 3 is 1.93 bits per heavy atom. The fraction of sp³-hybridized carbons (Fsp3) is 0.281. The molecule has 4 aromatic rings. The van der Waals surface area contributed by atoms with Crippen LogP contribution in [-0.4, -0.2) is 67.0 Å². The molecule has 0 aliphatic rings. The van der Waals surface area contributed by atoms with E-state index in [0.29, 0.717) is 39.3 Å². The van der Waals surface area contributed by atoms with Crippen molar-refractivity contribution in [1.29, 1.82) is 0 Å². The van der Waals surface area contributed by atoms with E-state index in [1.165, 1.54) is 12.1 Å². The second-order valence-corrected chi connectivity index (χ2v) is 10.2. The summed E-state index contributed by atoms with van der Waals surface area (Å²) in [6.07, 6.45) is -6.92. The standard InChI is InChI=1S/C32H35FN2O6/c1-19(2)28-27(32(41)34-23-11-7-4-8-12-23)26(20-9-5-3-6-10-20)29(21-13-15-22(33)16-14-21)35(28)17-24(37)30(39)31(40)25(38)18-36/h3-16,19,24-25,30-31,36-40H,17-18H2,1-2H3,(H,34,41)/t24-,25-,30+,31+/m0/s1. The van der Waals surface area contributed by atoms with Gasteiger partial charge in [0, 0.05) is 16.9 Å². The lowest BCUT2D eigenvalue weighted by Crippen LogP contribution is -2.47. The molecule has 4 rings (SSSR count). The molecule has 1 amide bonds. The number of halogens is 1. The molecular formula is C32H35FN2O6. The van der Waals surface area contributed by atoms with Crippen molar-refractivity contribution in [3.05, 3.63) is 102 Å². The normalized spacial score (nSPS) is 14.5. The van der Waals surface area contributed by atoms with Gasteiger partial charge >= 0.3 is 0 Å². The number of hydrogen-bond donors (Lipinski definition) is 6. The molecule has 0 fully saturated rings. The number of aliphatic hydroxyl groups excluding tert-OH is 5. The number of aliphatic hydroxyl groups is 5. The van der Waals surface area contributed by atoms with Crippen LogP contribution in [0.5, 0.6) is 0 Å². The highest BCUT2D eigenvalue weighted by Gasteiger charge is 2.35. The number of nitrogens with zero attached hydrogens (tertiary/aromatic N) is 1. The van der Waals surface area contributed by atoms with E-state index in [0.717, 1.165) is 0 Å². The average molecular weight is 563 g/mol. The van der Waals surface area contributed by atoms with Crippen molar-refractivity contribution in [3.8, 4) is 22.4 Å². The van der Waals surface area contributed by atoms with E-state index in [1.807, 2.05) is 50.2 Å². The van der Waals surface area contributed by atoms with Crippen LogP contribution in [0.1, 0.15) is 35.8 Å². The molecule has 1 aromatic heterocycles. The van der Waals surface area contributed by atoms with E-state index in [2.05, 4.69) is 5.32 Å². The lowest BCUT2D eigenvalue weighted by Gasteiger charge is -2.27. The van der Waals surface area contributed by atoms with Crippen LogP contribution >= 0.6 is 0 Å². The van der Waals surface area contributed by atoms with Crippen LogP contribution in [0.3, 0.4) is 0 Å². The Hall–Kier alpha value is -3.86. The maximum absolute atomic E-state index is 14.0. The SMILES string of the molecule is CC(C)c1c(C(=O)Nc2ccccc2)c(-c2ccccc2)c(-c2ccc(F)cc2)n1C[C@H](O)[C@@H](O)[C@H](O)[C@@H](O)CO. The van der Waals surface area contributed by atoms with Gasteiger partial charge in [-0.3, -0.25) is 4.79 Å². The Kier molecular flexibility index (Phi) is 9.69. The predicted octanol–water partition coefficient (Wildman–Crippen LogP) is 3.77. The highest BCUT2D eigenvalue weighted by atomic mass is 19.1. The summed E-state index contributed by atoms with van der Waals surface area (Å²) >= 11 is 0. The van der Waals surface area contributed by atoms with Crippen molar-refractivity contribution in [2.75, 3.05) is 11.9 Å². The number of rotatable bonds is 11. The molecule has 8 nitrogen and oxygen atoms in total. The predicted molar refractivity (Wildman–Crippen MR) is 155 cm³/mol. The van der Waals surface area contributed by atoms with Gasteiger partial charge in [-0.25, -0.2) is 4.39 Å². The third-order valence-electron chi connectivity index (χ3n) is 6.98. The first-order chi connectivity index (χ1) is 19.6. The minimum Gasteiger partial charge on any atom is -0.394 e. The van der Waals surface area contributed by atoms with Gasteiger partial charge in [-0.2, -0.15) is 0 Å². The van der Waals surface area contributed by atoms with Gasteiger partial charge in [0.15, 0.2) is 0 Å². The van der Waals surface area contributed by atoms with Gasteiger partial charge in [-0.05, 0) is 53.4 Å². The molecule has 41 heavy (non-hydrogen) atoms. The van der Waals surface area contributed by atoms with Crippen molar-refractivity contribution in [3.63, 3.8) is 0 Å². The number of carbonyl (C=O) groups is 1. The monoisotopic (exact) mass is 562 g/mol. The van der Waals surface area contributed by atoms with Crippen LogP contribution in [0.4, 0.5) is 10.1 Å². The fourth-order valence-corrected chi connectivity index (χ4v) is 5.02. The zero-order chi connectivity index (χ0) is 29.7. The number of nitrogens with one attached hydrogen (secondary N) is 1. The summed E-state index contributed by atoms with van der Waals surface area (Å²) in [4.78, 5) is 14.0. The summed E-state index contributed by atoms with van der Waals surface area (Å²) < 4.78 is 15.7. The maximum Gasteiger partial charge on any atom is 0.258 e. The van der Waals surface area contributed by atoms with Crippen LogP contribution in [0, 0.1) is 5.82 Å². The van der Waals surface area contributed by atoms with E-state index in [1.54, 1.807) is 41.0 Å². The largest absolute Gasteiger partial charge is 0.394 e. The van der Waals surface area contributed by atoms with Gasteiger partial charge in [0.2, 0.25) is 0 Å². The number of benzene rings is 3. The number of aromatic nitrogens is 1. The van der Waals surface area contributed by atoms with Crippen molar-refractivity contribution in [2.45, 2.75) is 50.7 Å². The average Bonchev–Trinajstić information content (AvgIpc) is 3.32. The molecule has 0 bridgehead atoms. The molecule has 0 aliphatic carbocycles. The zero-order valence-electron chi connectivity index (χ0n) is 22.9. The second kappa shape index (κ2) is 13.2. The van der Waals surface area contributed by atoms with Gasteiger partial charge in [0.05, 0.1) is 24.4 Å². The first-order valence-corrected chi connectivity index (χ1v) is 13.4. The Bertz CT molecular complexity index is 1440. The smallest absolute Gasteiger partial charge is 0.258 e. The summed E-state index contributed by atoms with van der Waals surface area (Å²) in [6.45, 7) is 2.69. The third-order valence-corrected chi connectivity index (χ3v) is 6.98. The van der Waals surface area contributed by atoms with E-state index in [-0.39, 0.29) is 12.5 Å². The van der Waals surface area contributed by atoms with Crippen molar-refractivity contribution < 1.29 is 34.7 Å². The van der Waals surface area contributed by atoms with E-state index < -0.39 is 42.7 Å². The molecular weight excluding hydrogens is 527 g/mol. The number of anilines is 1. The Labute approximate surface area is 238 Å². The molecule has 0 unspecified atom stereocenters. The quantitative estimate of drug-likeness (QED) is 0.165. The lowest BCUT2D eigenvalue weighted by atomic mass is 9.94. The molecule has 0 saturated carbocycles. The van der Waals surface area contributed by atoms with Crippen LogP contribution in [0.2, 0.25) is 0 Å². The van der Waals surface area contributed by atoms with Crippen LogP contribution < -0.4 is 5.32 Å². The van der Waals surface area contributed by atoms with Crippen LogP contribution in [-0.2, 0) is 6.54 Å². The van der Waals surface area contributed by atoms with Gasteiger partial charge in [-0.1, -0.05) is 62.4 Å². The number of para-hydroxylation sites is 1. The van der Waals surface area contributed by atoms with Gasteiger partial charge in [-0.15, -0.1) is 0 Å².